The van der Waals surface area contributed by atoms with Gasteiger partial charge in [-0.15, -0.1) is 0 Å². The van der Waals surface area contributed by atoms with E-state index in [1.807, 2.05) is 66.7 Å². The van der Waals surface area contributed by atoms with Crippen LogP contribution in [0.4, 0.5) is 5.69 Å². The van der Waals surface area contributed by atoms with Crippen LogP contribution >= 0.6 is 0 Å². The van der Waals surface area contributed by atoms with Gasteiger partial charge in [-0.05, 0) is 54.7 Å². The average Bonchev–Trinajstić information content (AvgIpc) is 3.49. The zero-order chi connectivity index (χ0) is 44.7. The molecule has 5 aromatic rings. The fourth-order valence-corrected chi connectivity index (χ4v) is 11.9. The third kappa shape index (κ3) is 10.2. The van der Waals surface area contributed by atoms with E-state index in [0.717, 1.165) is 49.8 Å². The second-order valence-electron chi connectivity index (χ2n) is 15.5. The maximum absolute atomic E-state index is 13.5. The van der Waals surface area contributed by atoms with Crippen molar-refractivity contribution in [2.45, 2.75) is 37.5 Å². The molecular weight excluding hydrogens is 954 g/mol. The van der Waals surface area contributed by atoms with Crippen LogP contribution in [0.2, 0.25) is 0 Å². The number of amides is 1. The van der Waals surface area contributed by atoms with Crippen molar-refractivity contribution in [2.75, 3.05) is 71.3 Å². The minimum absolute atomic E-state index is 0.0791. The number of nitrogens with one attached hydrogen (secondary N) is 1. The number of furan rings is 1. The van der Waals surface area contributed by atoms with Gasteiger partial charge < -0.3 is 20.1 Å². The van der Waals surface area contributed by atoms with E-state index in [1.165, 1.54) is 10.5 Å². The number of allylic oxidation sites excluding steroid dienone is 2. The van der Waals surface area contributed by atoms with Gasteiger partial charge in [-0.2, -0.15) is 0 Å². The summed E-state index contributed by atoms with van der Waals surface area (Å²) in [5, 5.41) is 23.6. The van der Waals surface area contributed by atoms with Crippen molar-refractivity contribution >= 4 is 56.6 Å². The number of carbonyl (C=O) groups excluding carboxylic acids is 1. The maximum atomic E-state index is 13.5. The van der Waals surface area contributed by atoms with E-state index in [1.54, 1.807) is 24.3 Å². The number of aryl methyl sites for hydroxylation is 2. The number of fused-ring (bicyclic) bond motifs is 3. The number of nitrogens with zero attached hydrogens (tertiary/aromatic N) is 2. The molecule has 0 aliphatic carbocycles. The van der Waals surface area contributed by atoms with Gasteiger partial charge in [-0.1, -0.05) is 12.1 Å². The zero-order valence-corrected chi connectivity index (χ0v) is 38.4. The van der Waals surface area contributed by atoms with E-state index in [2.05, 4.69) is 21.5 Å². The molecular formula is C48H49IN3O11S-. The number of carboxylic acid groups (broad SMARTS) is 2. The second kappa shape index (κ2) is 20.5. The van der Waals surface area contributed by atoms with Crippen LogP contribution in [0, 0.1) is 17.4 Å². The number of para-hydroxylation sites is 1. The molecule has 4 aromatic carbocycles. The number of piperidine rings is 1. The summed E-state index contributed by atoms with van der Waals surface area (Å²) in [6.45, 7) is 7.09. The van der Waals surface area contributed by atoms with Crippen LogP contribution in [0.15, 0.2) is 98.3 Å². The summed E-state index contributed by atoms with van der Waals surface area (Å²) < 4.78 is 48.3. The molecule has 336 valence electrons. The number of hydrogen-bond donors (Lipinski definition) is 3. The Bertz CT molecular complexity index is 2640. The van der Waals surface area contributed by atoms with E-state index < -0.39 is 44.1 Å². The quantitative estimate of drug-likeness (QED) is 0.0847. The molecule has 3 aliphatic heterocycles. The predicted octanol–water partition coefficient (Wildman–Crippen LogP) is 4.13. The third-order valence-electron chi connectivity index (χ3n) is 11.4. The summed E-state index contributed by atoms with van der Waals surface area (Å²) in [5.41, 5.74) is 6.48. The molecule has 1 aromatic heterocycles. The fraction of sp³-hybridized carbons (Fsp3) is 0.312. The van der Waals surface area contributed by atoms with Gasteiger partial charge in [0, 0.05) is 18.8 Å². The van der Waals surface area contributed by atoms with Crippen LogP contribution in [-0.2, 0) is 30.0 Å². The van der Waals surface area contributed by atoms with E-state index in [0.29, 0.717) is 85.3 Å². The van der Waals surface area contributed by atoms with Crippen molar-refractivity contribution in [3.05, 3.63) is 126 Å². The number of hydrogen-bond acceptors (Lipinski definition) is 10. The second-order valence-corrected chi connectivity index (χ2v) is 19.4. The Kier molecular flexibility index (Phi) is 14.5. The van der Waals surface area contributed by atoms with Crippen molar-refractivity contribution in [3.8, 4) is 11.5 Å². The topological polar surface area (TPSA) is 177 Å². The molecule has 1 fully saturated rings. The summed E-state index contributed by atoms with van der Waals surface area (Å²) in [7, 11) is -1.39. The zero-order valence-electron chi connectivity index (χ0n) is 35.5. The van der Waals surface area contributed by atoms with E-state index in [9.17, 15) is 23.7 Å². The summed E-state index contributed by atoms with van der Waals surface area (Å²) in [6, 6.07) is 24.7. The molecule has 3 aliphatic rings. The van der Waals surface area contributed by atoms with Gasteiger partial charge in [0.1, 0.15) is 23.3 Å². The molecule has 0 bridgehead atoms. The van der Waals surface area contributed by atoms with Crippen LogP contribution in [0.25, 0.3) is 22.1 Å². The number of benzene rings is 4. The van der Waals surface area contributed by atoms with Gasteiger partial charge in [-0.3, -0.25) is 9.59 Å². The van der Waals surface area contributed by atoms with Crippen molar-refractivity contribution in [3.63, 3.8) is 0 Å². The molecule has 0 saturated carbocycles. The Labute approximate surface area is 383 Å². The monoisotopic (exact) mass is 1000 g/mol. The first kappa shape index (κ1) is 45.1. The van der Waals surface area contributed by atoms with Crippen molar-refractivity contribution < 1.29 is 73.4 Å². The number of carboxylic acids is 2. The summed E-state index contributed by atoms with van der Waals surface area (Å²) in [5.74, 6) is -0.188. The molecule has 16 heteroatoms. The number of anilines is 1. The van der Waals surface area contributed by atoms with Gasteiger partial charge in [0.25, 0.3) is 5.91 Å². The molecule has 0 spiro atoms. The molecule has 64 heavy (non-hydrogen) atoms. The molecule has 1 unspecified atom stereocenters. The summed E-state index contributed by atoms with van der Waals surface area (Å²) in [4.78, 5) is 38.3. The predicted molar refractivity (Wildman–Crippen MR) is 237 cm³/mol. The Morgan fingerprint density at radius 2 is 1.61 bits per heavy atom. The van der Waals surface area contributed by atoms with Gasteiger partial charge in [0.2, 0.25) is 0 Å². The molecule has 0 radical (unpaired) electrons. The van der Waals surface area contributed by atoms with E-state index in [4.69, 9.17) is 28.5 Å². The molecule has 4 heterocycles. The number of ether oxygens (including phenoxy) is 4. The number of carbonyl (C=O) groups is 3. The summed E-state index contributed by atoms with van der Waals surface area (Å²) >= 11 is -0.704. The van der Waals surface area contributed by atoms with E-state index in [-0.39, 0.29) is 31.3 Å². The van der Waals surface area contributed by atoms with Crippen molar-refractivity contribution in [1.82, 2.24) is 9.21 Å². The standard InChI is InChI=1S/C48H49IN3O11S/c1-30-7-14-42(44-39(48(56)57)25-34(27-49-45(30)44)46-31(2)37-5-3-4-6-41(37)63-46)62-24-22-60-20-19-59-21-23-61-35-10-8-32(9-11-35)33-15-17-52(18-16-33)64(58)36-12-13-38-40(26-36)50-29-51(47(38)55)28-43(53)54/h3-14,25-27,33,50H,15-24,28-29H2,1-2H3,(H,53,54)(H,56,57)/q-1. The number of rotatable bonds is 18. The first-order valence-corrected chi connectivity index (χ1v) is 24.5. The average molecular weight is 1000 g/mol. The van der Waals surface area contributed by atoms with Crippen LogP contribution < -0.4 is 36.0 Å². The van der Waals surface area contributed by atoms with Gasteiger partial charge in [0.05, 0.1) is 17.1 Å². The van der Waals surface area contributed by atoms with Gasteiger partial charge in [0.15, 0.2) is 0 Å². The van der Waals surface area contributed by atoms with E-state index >= 15 is 0 Å². The van der Waals surface area contributed by atoms with Crippen molar-refractivity contribution in [2.24, 2.45) is 0 Å². The first-order chi connectivity index (χ1) is 31.0. The van der Waals surface area contributed by atoms with Crippen LogP contribution in [0.5, 0.6) is 11.5 Å². The minimum atomic E-state index is -1.39. The van der Waals surface area contributed by atoms with Crippen molar-refractivity contribution in [1.29, 1.82) is 0 Å². The van der Waals surface area contributed by atoms with Crippen LogP contribution in [0.3, 0.4) is 0 Å². The third-order valence-corrected chi connectivity index (χ3v) is 15.9. The summed E-state index contributed by atoms with van der Waals surface area (Å²) in [6.07, 6.45) is 3.41. The van der Waals surface area contributed by atoms with Gasteiger partial charge in [-0.25, -0.2) is 8.51 Å². The SMILES string of the molecule is Cc1ccc(OCCOCCOCCOc2ccc(C3CCN(S(=O)c4ccc5c(c4)NCN(CC(=O)O)C5=O)CC3)cc2)c2c1[I-]C=C(c1oc3ccccc3c1C)C=C2C(=O)O. The normalized spacial score (nSPS) is 16.1. The van der Waals surface area contributed by atoms with Gasteiger partial charge >= 0.3 is 216 Å². The van der Waals surface area contributed by atoms with Crippen LogP contribution in [-0.4, -0.2) is 107 Å². The Morgan fingerprint density at radius 1 is 0.891 bits per heavy atom. The number of aliphatic carboxylic acids is 2. The Hall–Kier alpha value is -5.53. The fourth-order valence-electron chi connectivity index (χ4n) is 8.05. The molecule has 3 N–H and O–H groups in total. The molecule has 14 nitrogen and oxygen atoms in total. The molecule has 1 atom stereocenters. The molecule has 1 amide bonds. The Balaban J connectivity index is 0.732. The van der Waals surface area contributed by atoms with Crippen LogP contribution in [0.1, 0.15) is 57.1 Å². The molecule has 8 rings (SSSR count). The Morgan fingerprint density at radius 3 is 2.33 bits per heavy atom. The first-order valence-electron chi connectivity index (χ1n) is 21.0. The molecule has 1 saturated heterocycles. The number of halogens is 1.